The van der Waals surface area contributed by atoms with Crippen molar-refractivity contribution >= 4 is 31.6 Å². The van der Waals surface area contributed by atoms with Crippen molar-refractivity contribution in [2.75, 3.05) is 18.9 Å². The van der Waals surface area contributed by atoms with Crippen LogP contribution in [0.2, 0.25) is 0 Å². The van der Waals surface area contributed by atoms with E-state index in [4.69, 9.17) is 10.5 Å². The molecule has 116 valence electrons. The number of anilines is 1. The van der Waals surface area contributed by atoms with Crippen LogP contribution in [0.15, 0.2) is 21.5 Å². The minimum absolute atomic E-state index is 0.0793. The summed E-state index contributed by atoms with van der Waals surface area (Å²) in [5, 5.41) is 0. The van der Waals surface area contributed by atoms with Gasteiger partial charge in [0.25, 0.3) is 0 Å². The highest BCUT2D eigenvalue weighted by Gasteiger charge is 2.43. The molecular weight excluding hydrogens is 363 g/mol. The molecule has 0 radical (unpaired) electrons. The molecule has 0 amide bonds. The van der Waals surface area contributed by atoms with Crippen LogP contribution < -0.4 is 5.73 Å². The maximum absolute atomic E-state index is 14.1. The summed E-state index contributed by atoms with van der Waals surface area (Å²) in [6.07, 6.45) is 2.44. The highest BCUT2D eigenvalue weighted by atomic mass is 79.9. The van der Waals surface area contributed by atoms with Gasteiger partial charge in [0.05, 0.1) is 18.8 Å². The minimum atomic E-state index is -3.91. The zero-order chi connectivity index (χ0) is 15.2. The standard InChI is InChI=1S/C13H16BrFN2O3S/c14-8-6-9(15)13(7-10(8)16)21(18,19)17-4-5-20-12-3-1-2-11(12)17/h6-7,11-12H,1-5,16H2. The predicted octanol–water partition coefficient (Wildman–Crippen LogP) is 2.11. The van der Waals surface area contributed by atoms with Crippen LogP contribution in [-0.4, -0.2) is 38.0 Å². The summed E-state index contributed by atoms with van der Waals surface area (Å²) < 4.78 is 47.0. The molecule has 2 fully saturated rings. The number of ether oxygens (including phenoxy) is 1. The number of hydrogen-bond acceptors (Lipinski definition) is 4. The Morgan fingerprint density at radius 1 is 1.38 bits per heavy atom. The molecule has 8 heteroatoms. The maximum Gasteiger partial charge on any atom is 0.246 e. The summed E-state index contributed by atoms with van der Waals surface area (Å²) >= 11 is 3.09. The van der Waals surface area contributed by atoms with Crippen LogP contribution in [0.4, 0.5) is 10.1 Å². The van der Waals surface area contributed by atoms with Gasteiger partial charge in [-0.1, -0.05) is 0 Å². The summed E-state index contributed by atoms with van der Waals surface area (Å²) in [5.41, 5.74) is 5.90. The van der Waals surface area contributed by atoms with Gasteiger partial charge in [0.1, 0.15) is 10.7 Å². The Morgan fingerprint density at radius 3 is 2.90 bits per heavy atom. The van der Waals surface area contributed by atoms with Crippen molar-refractivity contribution in [1.29, 1.82) is 0 Å². The van der Waals surface area contributed by atoms with Crippen molar-refractivity contribution in [1.82, 2.24) is 4.31 Å². The molecule has 0 spiro atoms. The Balaban J connectivity index is 2.02. The quantitative estimate of drug-likeness (QED) is 0.799. The molecule has 2 atom stereocenters. The Kier molecular flexibility index (Phi) is 3.98. The second kappa shape index (κ2) is 5.49. The third-order valence-corrected chi connectivity index (χ3v) is 6.70. The Hall–Kier alpha value is -0.700. The zero-order valence-corrected chi connectivity index (χ0v) is 13.7. The van der Waals surface area contributed by atoms with Gasteiger partial charge in [-0.25, -0.2) is 12.8 Å². The van der Waals surface area contributed by atoms with E-state index in [0.717, 1.165) is 25.3 Å². The van der Waals surface area contributed by atoms with E-state index in [9.17, 15) is 12.8 Å². The monoisotopic (exact) mass is 378 g/mol. The van der Waals surface area contributed by atoms with Crippen molar-refractivity contribution in [3.63, 3.8) is 0 Å². The van der Waals surface area contributed by atoms with Gasteiger partial charge < -0.3 is 10.5 Å². The van der Waals surface area contributed by atoms with Gasteiger partial charge in [-0.15, -0.1) is 0 Å². The molecule has 0 bridgehead atoms. The molecule has 1 aliphatic carbocycles. The topological polar surface area (TPSA) is 72.6 Å². The van der Waals surface area contributed by atoms with Crippen LogP contribution in [0.1, 0.15) is 19.3 Å². The number of nitrogens with zero attached hydrogens (tertiary/aromatic N) is 1. The van der Waals surface area contributed by atoms with Gasteiger partial charge >= 0.3 is 0 Å². The fourth-order valence-corrected chi connectivity index (χ4v) is 5.12. The van der Waals surface area contributed by atoms with Crippen molar-refractivity contribution in [3.05, 3.63) is 22.4 Å². The first-order valence-electron chi connectivity index (χ1n) is 6.79. The highest BCUT2D eigenvalue weighted by Crippen LogP contribution is 2.35. The molecular formula is C13H16BrFN2O3S. The van der Waals surface area contributed by atoms with E-state index >= 15 is 0 Å². The molecule has 1 aliphatic heterocycles. The average molecular weight is 379 g/mol. The van der Waals surface area contributed by atoms with Gasteiger partial charge in [0.15, 0.2) is 0 Å². The van der Waals surface area contributed by atoms with E-state index in [1.165, 1.54) is 10.4 Å². The molecule has 2 unspecified atom stereocenters. The molecule has 1 aromatic rings. The number of morpholine rings is 1. The SMILES string of the molecule is Nc1cc(S(=O)(=O)N2CCOC3CCCC32)c(F)cc1Br. The molecule has 2 N–H and O–H groups in total. The fourth-order valence-electron chi connectivity index (χ4n) is 3.06. The van der Waals surface area contributed by atoms with Crippen molar-refractivity contribution in [3.8, 4) is 0 Å². The number of hydrogen-bond donors (Lipinski definition) is 1. The lowest BCUT2D eigenvalue weighted by Crippen LogP contribution is -2.51. The Morgan fingerprint density at radius 2 is 2.14 bits per heavy atom. The van der Waals surface area contributed by atoms with E-state index < -0.39 is 15.8 Å². The lowest BCUT2D eigenvalue weighted by atomic mass is 10.2. The summed E-state index contributed by atoms with van der Waals surface area (Å²) in [5.74, 6) is -0.794. The van der Waals surface area contributed by atoms with E-state index in [-0.39, 0.29) is 29.3 Å². The number of nitrogens with two attached hydrogens (primary N) is 1. The van der Waals surface area contributed by atoms with Gasteiger partial charge in [0, 0.05) is 16.7 Å². The summed E-state index contributed by atoms with van der Waals surface area (Å²) in [6, 6.07) is 2.07. The average Bonchev–Trinajstić information content (AvgIpc) is 2.90. The van der Waals surface area contributed by atoms with Crippen LogP contribution in [0.5, 0.6) is 0 Å². The molecule has 2 aliphatic rings. The molecule has 1 saturated heterocycles. The third kappa shape index (κ3) is 2.58. The van der Waals surface area contributed by atoms with E-state index in [1.54, 1.807) is 0 Å². The van der Waals surface area contributed by atoms with Gasteiger partial charge in [-0.2, -0.15) is 4.31 Å². The van der Waals surface area contributed by atoms with Crippen LogP contribution in [-0.2, 0) is 14.8 Å². The molecule has 1 heterocycles. The maximum atomic E-state index is 14.1. The first-order valence-corrected chi connectivity index (χ1v) is 9.02. The van der Waals surface area contributed by atoms with Gasteiger partial charge in [-0.3, -0.25) is 0 Å². The highest BCUT2D eigenvalue weighted by molar-refractivity contribution is 9.10. The van der Waals surface area contributed by atoms with E-state index in [2.05, 4.69) is 15.9 Å². The molecule has 1 saturated carbocycles. The first kappa shape index (κ1) is 15.2. The third-order valence-electron chi connectivity index (χ3n) is 4.07. The first-order chi connectivity index (χ1) is 9.91. The molecule has 21 heavy (non-hydrogen) atoms. The number of nitrogen functional groups attached to an aromatic ring is 1. The van der Waals surface area contributed by atoms with E-state index in [1.807, 2.05) is 0 Å². The number of rotatable bonds is 2. The number of fused-ring (bicyclic) bond motifs is 1. The van der Waals surface area contributed by atoms with Crippen LogP contribution in [0, 0.1) is 5.82 Å². The zero-order valence-electron chi connectivity index (χ0n) is 11.3. The largest absolute Gasteiger partial charge is 0.398 e. The summed E-state index contributed by atoms with van der Waals surface area (Å²) in [6.45, 7) is 0.590. The van der Waals surface area contributed by atoms with Gasteiger partial charge in [-0.05, 0) is 47.3 Å². The van der Waals surface area contributed by atoms with Crippen LogP contribution in [0.25, 0.3) is 0 Å². The molecule has 5 nitrogen and oxygen atoms in total. The van der Waals surface area contributed by atoms with Crippen molar-refractivity contribution in [2.24, 2.45) is 0 Å². The normalized spacial score (nSPS) is 26.8. The van der Waals surface area contributed by atoms with E-state index in [0.29, 0.717) is 11.1 Å². The van der Waals surface area contributed by atoms with Crippen molar-refractivity contribution in [2.45, 2.75) is 36.3 Å². The number of benzene rings is 1. The molecule has 0 aromatic heterocycles. The Bertz CT molecular complexity index is 668. The Labute approximate surface area is 131 Å². The summed E-state index contributed by atoms with van der Waals surface area (Å²) in [4.78, 5) is -0.365. The van der Waals surface area contributed by atoms with Crippen LogP contribution >= 0.6 is 15.9 Å². The smallest absolute Gasteiger partial charge is 0.246 e. The lowest BCUT2D eigenvalue weighted by molar-refractivity contribution is -0.0242. The number of halogens is 2. The minimum Gasteiger partial charge on any atom is -0.398 e. The molecule has 1 aromatic carbocycles. The summed E-state index contributed by atoms with van der Waals surface area (Å²) in [7, 11) is -3.91. The van der Waals surface area contributed by atoms with Crippen molar-refractivity contribution < 1.29 is 17.5 Å². The lowest BCUT2D eigenvalue weighted by Gasteiger charge is -2.36. The fraction of sp³-hybridized carbons (Fsp3) is 0.538. The second-order valence-corrected chi connectivity index (χ2v) is 8.04. The molecule has 3 rings (SSSR count). The second-order valence-electron chi connectivity index (χ2n) is 5.33. The van der Waals surface area contributed by atoms with Crippen LogP contribution in [0.3, 0.4) is 0 Å². The predicted molar refractivity (Wildman–Crippen MR) is 79.8 cm³/mol. The number of sulfonamides is 1. The van der Waals surface area contributed by atoms with Gasteiger partial charge in [0.2, 0.25) is 10.0 Å².